The van der Waals surface area contributed by atoms with Crippen molar-refractivity contribution in [2.24, 2.45) is 0 Å². The van der Waals surface area contributed by atoms with E-state index in [4.69, 9.17) is 0 Å². The van der Waals surface area contributed by atoms with Crippen molar-refractivity contribution in [2.45, 2.75) is 18.2 Å². The van der Waals surface area contributed by atoms with Crippen LogP contribution in [0.15, 0.2) is 0 Å². The van der Waals surface area contributed by atoms with Crippen LogP contribution >= 0.6 is 0 Å². The average Bonchev–Trinajstić information content (AvgIpc) is 2.10. The van der Waals surface area contributed by atoms with E-state index >= 15 is 0 Å². The van der Waals surface area contributed by atoms with Gasteiger partial charge in [-0.05, 0) is 4.53 Å². The summed E-state index contributed by atoms with van der Waals surface area (Å²) in [5, 5.41) is 0. The first-order chi connectivity index (χ1) is 7.52. The maximum Gasteiger partial charge on any atom is 0.450 e. The van der Waals surface area contributed by atoms with Crippen molar-refractivity contribution in [3.05, 3.63) is 0 Å². The van der Waals surface area contributed by atoms with Gasteiger partial charge in [0.2, 0.25) is 0 Å². The third kappa shape index (κ3) is 5.98. The molecule has 0 heterocycles. The van der Waals surface area contributed by atoms with E-state index in [1.54, 1.807) is 0 Å². The van der Waals surface area contributed by atoms with Gasteiger partial charge in [-0.15, -0.1) is 0 Å². The molecule has 0 N–H and O–H groups in total. The molecule has 3 nitrogen and oxygen atoms in total. The van der Waals surface area contributed by atoms with Crippen LogP contribution in [0.4, 0.5) is 35.3 Å². The van der Waals surface area contributed by atoms with Gasteiger partial charge >= 0.3 is 18.2 Å². The minimum Gasteiger partial charge on any atom is -0.366 e. The van der Waals surface area contributed by atoms with Crippen LogP contribution < -0.4 is 0 Å². The fraction of sp³-hybridized carbons (Fsp3) is 1.00. The minimum atomic E-state index is -5.70. The third-order valence-corrected chi connectivity index (χ3v) is 1.31. The third-order valence-electron chi connectivity index (χ3n) is 1.31. The van der Waals surface area contributed by atoms with Gasteiger partial charge in [-0.3, -0.25) is 0 Å². The molecular formula is C6H6F8O3. The highest BCUT2D eigenvalue weighted by molar-refractivity contribution is 4.77. The molecule has 0 aliphatic carbocycles. The molecule has 0 fully saturated rings. The molecule has 0 bridgehead atoms. The fourth-order valence-corrected chi connectivity index (χ4v) is 0.619. The van der Waals surface area contributed by atoms with Crippen molar-refractivity contribution >= 4 is 0 Å². The van der Waals surface area contributed by atoms with Crippen LogP contribution in [-0.4, -0.2) is 38.2 Å². The molecule has 0 saturated carbocycles. The summed E-state index contributed by atoms with van der Waals surface area (Å²) in [4.78, 5) is 2.54. The quantitative estimate of drug-likeness (QED) is 0.552. The molecule has 0 aliphatic heterocycles. The van der Waals surface area contributed by atoms with E-state index in [1.165, 1.54) is 0 Å². The molecule has 0 aromatic rings. The molecule has 11 heteroatoms. The molecule has 0 amide bonds. The van der Waals surface area contributed by atoms with Crippen LogP contribution in [0, 0.1) is 0 Å². The average molecular weight is 278 g/mol. The molecule has 0 aromatic heterocycles. The summed E-state index contributed by atoms with van der Waals surface area (Å²) >= 11 is 0. The molecule has 1 unspecified atom stereocenters. The molecular weight excluding hydrogens is 272 g/mol. The first-order valence-electron chi connectivity index (χ1n) is 3.79. The fourth-order valence-electron chi connectivity index (χ4n) is 0.619. The predicted octanol–water partition coefficient (Wildman–Crippen LogP) is 2.67. The monoisotopic (exact) mass is 278 g/mol. The lowest BCUT2D eigenvalue weighted by molar-refractivity contribution is -0.381. The van der Waals surface area contributed by atoms with Gasteiger partial charge in [0.05, 0.1) is 0 Å². The summed E-state index contributed by atoms with van der Waals surface area (Å²) in [6, 6.07) is 0. The smallest absolute Gasteiger partial charge is 0.366 e. The van der Waals surface area contributed by atoms with Crippen LogP contribution in [0.2, 0.25) is 0 Å². The Bertz CT molecular complexity index is 226. The second-order valence-corrected chi connectivity index (χ2v) is 2.71. The lowest BCUT2D eigenvalue weighted by Crippen LogP contribution is -2.48. The second kappa shape index (κ2) is 5.78. The standard InChI is InChI=1S/C6H6F8O3/c7-4(6(11,12)13,16-3-17-14)1-15-2-5(8,9)10/h1-3H2. The van der Waals surface area contributed by atoms with Crippen LogP contribution in [0.3, 0.4) is 0 Å². The minimum absolute atomic E-state index is 1.74. The first kappa shape index (κ1) is 16.3. The van der Waals surface area contributed by atoms with Crippen LogP contribution in [0.1, 0.15) is 0 Å². The molecule has 0 rings (SSSR count). The van der Waals surface area contributed by atoms with Crippen molar-refractivity contribution in [1.29, 1.82) is 0 Å². The highest BCUT2D eigenvalue weighted by Gasteiger charge is 2.58. The van der Waals surface area contributed by atoms with Gasteiger partial charge < -0.3 is 9.47 Å². The highest BCUT2D eigenvalue weighted by atomic mass is 19.4. The van der Waals surface area contributed by atoms with E-state index in [0.29, 0.717) is 0 Å². The summed E-state index contributed by atoms with van der Waals surface area (Å²) < 4.78 is 101. The zero-order chi connectivity index (χ0) is 13.7. The highest BCUT2D eigenvalue weighted by Crippen LogP contribution is 2.35. The zero-order valence-electron chi connectivity index (χ0n) is 7.87. The number of hydrogen-bond acceptors (Lipinski definition) is 3. The maximum atomic E-state index is 13.0. The Morgan fingerprint density at radius 2 is 1.35 bits per heavy atom. The Morgan fingerprint density at radius 3 is 1.71 bits per heavy atom. The molecule has 0 aliphatic rings. The van der Waals surface area contributed by atoms with E-state index in [-0.39, 0.29) is 0 Å². The molecule has 1 atom stereocenters. The summed E-state index contributed by atoms with van der Waals surface area (Å²) in [7, 11) is 0. The van der Waals surface area contributed by atoms with E-state index < -0.39 is 38.2 Å². The lowest BCUT2D eigenvalue weighted by atomic mass is 10.3. The van der Waals surface area contributed by atoms with Crippen molar-refractivity contribution in [2.75, 3.05) is 20.0 Å². The second-order valence-electron chi connectivity index (χ2n) is 2.71. The van der Waals surface area contributed by atoms with Gasteiger partial charge in [0, 0.05) is 0 Å². The van der Waals surface area contributed by atoms with Crippen molar-refractivity contribution in [3.63, 3.8) is 0 Å². The van der Waals surface area contributed by atoms with Gasteiger partial charge in [-0.25, -0.2) is 0 Å². The Morgan fingerprint density at radius 1 is 0.824 bits per heavy atom. The predicted molar refractivity (Wildman–Crippen MR) is 34.9 cm³/mol. The van der Waals surface area contributed by atoms with Crippen LogP contribution in [0.5, 0.6) is 0 Å². The van der Waals surface area contributed by atoms with Crippen molar-refractivity contribution in [3.8, 4) is 0 Å². The molecule has 17 heavy (non-hydrogen) atoms. The van der Waals surface area contributed by atoms with Crippen LogP contribution in [-0.2, 0) is 14.4 Å². The SMILES string of the molecule is FOCOC(F)(COCC(F)(F)F)C(F)(F)F. The summed E-state index contributed by atoms with van der Waals surface area (Å²) in [5.41, 5.74) is 0. The van der Waals surface area contributed by atoms with Gasteiger partial charge in [-0.1, -0.05) is 0 Å². The molecule has 0 aromatic carbocycles. The van der Waals surface area contributed by atoms with Gasteiger partial charge in [-0.2, -0.15) is 35.7 Å². The summed E-state index contributed by atoms with van der Waals surface area (Å²) in [5.74, 6) is -4.58. The molecule has 0 saturated heterocycles. The Hall–Kier alpha value is -0.680. The van der Waals surface area contributed by atoms with E-state index in [2.05, 4.69) is 14.4 Å². The van der Waals surface area contributed by atoms with E-state index in [1.807, 2.05) is 0 Å². The van der Waals surface area contributed by atoms with E-state index in [0.717, 1.165) is 0 Å². The Labute approximate surface area is 89.1 Å². The first-order valence-corrected chi connectivity index (χ1v) is 3.79. The number of rotatable bonds is 6. The molecule has 0 radical (unpaired) electrons. The topological polar surface area (TPSA) is 27.7 Å². The summed E-state index contributed by atoms with van der Waals surface area (Å²) in [6.07, 6.45) is -10.6. The van der Waals surface area contributed by atoms with Crippen molar-refractivity contribution in [1.82, 2.24) is 0 Å². The molecule has 0 spiro atoms. The van der Waals surface area contributed by atoms with Gasteiger partial charge in [0.15, 0.2) is 6.79 Å². The number of alkyl halides is 7. The number of halogens is 8. The molecule has 104 valence electrons. The van der Waals surface area contributed by atoms with Crippen LogP contribution in [0.25, 0.3) is 0 Å². The maximum absolute atomic E-state index is 13.0. The van der Waals surface area contributed by atoms with Gasteiger partial charge in [0.25, 0.3) is 0 Å². The normalized spacial score (nSPS) is 16.9. The van der Waals surface area contributed by atoms with Crippen molar-refractivity contribution < 1.29 is 49.7 Å². The summed E-state index contributed by atoms with van der Waals surface area (Å²) in [6.45, 7) is -5.95. The van der Waals surface area contributed by atoms with E-state index in [9.17, 15) is 35.3 Å². The number of ether oxygens (including phenoxy) is 2. The zero-order valence-corrected chi connectivity index (χ0v) is 7.87. The number of hydrogen-bond donors (Lipinski definition) is 0. The van der Waals surface area contributed by atoms with Gasteiger partial charge in [0.1, 0.15) is 13.2 Å². The lowest BCUT2D eigenvalue weighted by Gasteiger charge is -2.26. The Balaban J connectivity index is 4.40. The largest absolute Gasteiger partial charge is 0.450 e. The Kier molecular flexibility index (Phi) is 5.55.